The molecule has 18 heavy (non-hydrogen) atoms. The summed E-state index contributed by atoms with van der Waals surface area (Å²) in [6.45, 7) is 4.37. The molecule has 0 aliphatic carbocycles. The van der Waals surface area contributed by atoms with Crippen molar-refractivity contribution in [3.63, 3.8) is 0 Å². The summed E-state index contributed by atoms with van der Waals surface area (Å²) in [6.07, 6.45) is 3.93. The third-order valence-electron chi connectivity index (χ3n) is 3.42. The SMILES string of the molecule is CC1=CSc2ccccc2C(N2CCCCC2)=N1. The van der Waals surface area contributed by atoms with Crippen molar-refractivity contribution in [2.45, 2.75) is 31.1 Å². The van der Waals surface area contributed by atoms with E-state index in [0.717, 1.165) is 18.8 Å². The monoisotopic (exact) mass is 258 g/mol. The smallest absolute Gasteiger partial charge is 0.137 e. The van der Waals surface area contributed by atoms with Crippen LogP contribution in [0.25, 0.3) is 0 Å². The van der Waals surface area contributed by atoms with Gasteiger partial charge < -0.3 is 4.90 Å². The van der Waals surface area contributed by atoms with E-state index in [2.05, 4.69) is 41.5 Å². The van der Waals surface area contributed by atoms with Crippen molar-refractivity contribution < 1.29 is 0 Å². The van der Waals surface area contributed by atoms with Crippen LogP contribution in [-0.4, -0.2) is 23.8 Å². The standard InChI is InChI=1S/C15H18N2S/c1-12-11-18-14-8-4-3-7-13(14)15(16-12)17-9-5-2-6-10-17/h3-4,7-8,11H,2,5-6,9-10H2,1H3. The highest BCUT2D eigenvalue weighted by molar-refractivity contribution is 8.02. The van der Waals surface area contributed by atoms with Gasteiger partial charge in [-0.25, -0.2) is 4.99 Å². The number of aliphatic imine (C=N–C) groups is 1. The van der Waals surface area contributed by atoms with Crippen LogP contribution in [0, 0.1) is 0 Å². The molecule has 1 aromatic carbocycles. The average Bonchev–Trinajstić information content (AvgIpc) is 2.60. The number of allylic oxidation sites excluding steroid dienone is 1. The van der Waals surface area contributed by atoms with E-state index in [0.29, 0.717) is 0 Å². The Kier molecular flexibility index (Phi) is 3.41. The molecule has 3 heteroatoms. The molecule has 1 aromatic rings. The predicted molar refractivity (Wildman–Crippen MR) is 78.0 cm³/mol. The summed E-state index contributed by atoms with van der Waals surface area (Å²) in [4.78, 5) is 8.59. The van der Waals surface area contributed by atoms with Crippen molar-refractivity contribution in [3.05, 3.63) is 40.9 Å². The van der Waals surface area contributed by atoms with Gasteiger partial charge in [0, 0.05) is 29.2 Å². The van der Waals surface area contributed by atoms with Gasteiger partial charge in [0.05, 0.1) is 0 Å². The Balaban J connectivity index is 2.02. The van der Waals surface area contributed by atoms with Crippen LogP contribution in [0.3, 0.4) is 0 Å². The average molecular weight is 258 g/mol. The first-order valence-electron chi connectivity index (χ1n) is 6.61. The lowest BCUT2D eigenvalue weighted by atomic mass is 10.1. The fourth-order valence-corrected chi connectivity index (χ4v) is 3.30. The van der Waals surface area contributed by atoms with Crippen LogP contribution in [0.5, 0.6) is 0 Å². The molecule has 3 rings (SSSR count). The number of hydrogen-bond donors (Lipinski definition) is 0. The first-order valence-corrected chi connectivity index (χ1v) is 7.49. The van der Waals surface area contributed by atoms with Gasteiger partial charge >= 0.3 is 0 Å². The second-order valence-corrected chi connectivity index (χ2v) is 5.77. The molecule has 0 aromatic heterocycles. The molecule has 0 radical (unpaired) electrons. The van der Waals surface area contributed by atoms with Gasteiger partial charge in [-0.3, -0.25) is 0 Å². The van der Waals surface area contributed by atoms with E-state index in [1.807, 2.05) is 0 Å². The van der Waals surface area contributed by atoms with Gasteiger partial charge in [0.2, 0.25) is 0 Å². The lowest BCUT2D eigenvalue weighted by Gasteiger charge is -2.30. The van der Waals surface area contributed by atoms with Gasteiger partial charge in [0.15, 0.2) is 0 Å². The van der Waals surface area contributed by atoms with Crippen LogP contribution in [0.4, 0.5) is 0 Å². The van der Waals surface area contributed by atoms with Gasteiger partial charge in [-0.1, -0.05) is 30.0 Å². The van der Waals surface area contributed by atoms with E-state index in [4.69, 9.17) is 4.99 Å². The molecule has 0 atom stereocenters. The number of amidine groups is 1. The minimum absolute atomic E-state index is 1.11. The number of hydrogen-bond acceptors (Lipinski definition) is 3. The minimum atomic E-state index is 1.11. The van der Waals surface area contributed by atoms with Crippen LogP contribution >= 0.6 is 11.8 Å². The van der Waals surface area contributed by atoms with Crippen molar-refractivity contribution in [2.24, 2.45) is 4.99 Å². The molecule has 0 unspecified atom stereocenters. The molecular formula is C15H18N2S. The topological polar surface area (TPSA) is 15.6 Å². The van der Waals surface area contributed by atoms with E-state index in [9.17, 15) is 0 Å². The van der Waals surface area contributed by atoms with Crippen molar-refractivity contribution in [2.75, 3.05) is 13.1 Å². The summed E-state index contributed by atoms with van der Waals surface area (Å²) in [5.41, 5.74) is 2.40. The second-order valence-electron chi connectivity index (χ2n) is 4.86. The summed E-state index contributed by atoms with van der Waals surface area (Å²) < 4.78 is 0. The molecule has 0 N–H and O–H groups in total. The number of thioether (sulfide) groups is 1. The summed E-state index contributed by atoms with van der Waals surface area (Å²) >= 11 is 1.78. The molecular weight excluding hydrogens is 240 g/mol. The lowest BCUT2D eigenvalue weighted by Crippen LogP contribution is -2.36. The van der Waals surface area contributed by atoms with E-state index in [-0.39, 0.29) is 0 Å². The Hall–Kier alpha value is -1.22. The molecule has 2 aliphatic rings. The largest absolute Gasteiger partial charge is 0.356 e. The number of nitrogens with zero attached hydrogens (tertiary/aromatic N) is 2. The maximum Gasteiger partial charge on any atom is 0.137 e. The molecule has 2 nitrogen and oxygen atoms in total. The molecule has 1 fully saturated rings. The Labute approximate surface area is 113 Å². The summed E-state index contributed by atoms with van der Waals surface area (Å²) in [5.74, 6) is 1.17. The minimum Gasteiger partial charge on any atom is -0.356 e. The fourth-order valence-electron chi connectivity index (χ4n) is 2.50. The first kappa shape index (κ1) is 11.8. The number of piperidine rings is 1. The fraction of sp³-hybridized carbons (Fsp3) is 0.400. The number of likely N-dealkylation sites (tertiary alicyclic amines) is 1. The van der Waals surface area contributed by atoms with Crippen molar-refractivity contribution in [3.8, 4) is 0 Å². The zero-order valence-corrected chi connectivity index (χ0v) is 11.5. The Morgan fingerprint density at radius 1 is 1.11 bits per heavy atom. The van der Waals surface area contributed by atoms with Crippen molar-refractivity contribution >= 4 is 17.6 Å². The third-order valence-corrected chi connectivity index (χ3v) is 4.49. The van der Waals surface area contributed by atoms with Crippen molar-refractivity contribution in [1.29, 1.82) is 0 Å². The van der Waals surface area contributed by atoms with E-state index in [1.165, 1.54) is 35.6 Å². The highest BCUT2D eigenvalue weighted by Gasteiger charge is 2.20. The maximum atomic E-state index is 4.82. The zero-order valence-electron chi connectivity index (χ0n) is 10.7. The van der Waals surface area contributed by atoms with Gasteiger partial charge in [-0.15, -0.1) is 0 Å². The van der Waals surface area contributed by atoms with Crippen LogP contribution < -0.4 is 0 Å². The van der Waals surface area contributed by atoms with Crippen LogP contribution in [0.15, 0.2) is 45.3 Å². The maximum absolute atomic E-state index is 4.82. The number of rotatable bonds is 0. The van der Waals surface area contributed by atoms with Gasteiger partial charge in [-0.05, 0) is 37.7 Å². The van der Waals surface area contributed by atoms with E-state index < -0.39 is 0 Å². The quantitative estimate of drug-likeness (QED) is 0.701. The van der Waals surface area contributed by atoms with Crippen LogP contribution in [-0.2, 0) is 0 Å². The molecule has 2 heterocycles. The molecule has 94 valence electrons. The number of benzene rings is 1. The van der Waals surface area contributed by atoms with Crippen LogP contribution in [0.1, 0.15) is 31.7 Å². The van der Waals surface area contributed by atoms with Gasteiger partial charge in [0.1, 0.15) is 5.84 Å². The lowest BCUT2D eigenvalue weighted by molar-refractivity contribution is 0.342. The van der Waals surface area contributed by atoms with E-state index in [1.54, 1.807) is 11.8 Å². The van der Waals surface area contributed by atoms with Gasteiger partial charge in [0.25, 0.3) is 0 Å². The second kappa shape index (κ2) is 5.19. The first-order chi connectivity index (χ1) is 8.84. The Bertz CT molecular complexity index is 499. The zero-order chi connectivity index (χ0) is 12.4. The highest BCUT2D eigenvalue weighted by atomic mass is 32.2. The molecule has 2 aliphatic heterocycles. The summed E-state index contributed by atoms with van der Waals surface area (Å²) in [5, 5.41) is 2.15. The van der Waals surface area contributed by atoms with E-state index >= 15 is 0 Å². The summed E-state index contributed by atoms with van der Waals surface area (Å²) in [6, 6.07) is 8.60. The predicted octanol–water partition coefficient (Wildman–Crippen LogP) is 3.89. The molecule has 0 spiro atoms. The highest BCUT2D eigenvalue weighted by Crippen LogP contribution is 2.30. The van der Waals surface area contributed by atoms with Gasteiger partial charge in [-0.2, -0.15) is 0 Å². The Morgan fingerprint density at radius 3 is 2.72 bits per heavy atom. The summed E-state index contributed by atoms with van der Waals surface area (Å²) in [7, 11) is 0. The normalized spacial score (nSPS) is 19.7. The molecule has 0 saturated carbocycles. The molecule has 1 saturated heterocycles. The third kappa shape index (κ3) is 2.32. The van der Waals surface area contributed by atoms with Crippen molar-refractivity contribution in [1.82, 2.24) is 4.90 Å². The number of fused-ring (bicyclic) bond motifs is 1. The molecule has 0 amide bonds. The Morgan fingerprint density at radius 2 is 1.89 bits per heavy atom. The molecule has 0 bridgehead atoms. The van der Waals surface area contributed by atoms with Crippen LogP contribution in [0.2, 0.25) is 0 Å².